The van der Waals surface area contributed by atoms with Crippen molar-refractivity contribution < 1.29 is 14.3 Å². The number of aryl methyl sites for hydroxylation is 2. The molecular formula is C24H35N3O3. The van der Waals surface area contributed by atoms with Gasteiger partial charge in [-0.15, -0.1) is 0 Å². The van der Waals surface area contributed by atoms with Gasteiger partial charge in [-0.2, -0.15) is 0 Å². The Labute approximate surface area is 180 Å². The number of hydrogen-bond donors (Lipinski definition) is 0. The van der Waals surface area contributed by atoms with E-state index in [2.05, 4.69) is 20.8 Å². The zero-order valence-electron chi connectivity index (χ0n) is 18.9. The van der Waals surface area contributed by atoms with Crippen LogP contribution in [0.2, 0.25) is 0 Å². The lowest BCUT2D eigenvalue weighted by molar-refractivity contribution is -0.133. The quantitative estimate of drug-likeness (QED) is 0.568. The molecule has 0 aliphatic rings. The maximum atomic E-state index is 13.2. The average Bonchev–Trinajstić information content (AvgIpc) is 3.14. The predicted octanol–water partition coefficient (Wildman–Crippen LogP) is 3.36. The van der Waals surface area contributed by atoms with Gasteiger partial charge >= 0.3 is 0 Å². The van der Waals surface area contributed by atoms with Gasteiger partial charge in [-0.25, -0.2) is 0 Å². The summed E-state index contributed by atoms with van der Waals surface area (Å²) in [6.07, 6.45) is 2.89. The Hall–Kier alpha value is -2.60. The summed E-state index contributed by atoms with van der Waals surface area (Å²) in [6.45, 7) is 8.20. The SMILES string of the molecule is CCc1ccc(C(=O)N(CC(=O)N(CCOC)Cc2cccn2C)CC(C)C)cc1. The third-order valence-electron chi connectivity index (χ3n) is 5.13. The van der Waals surface area contributed by atoms with E-state index in [0.29, 0.717) is 31.8 Å². The van der Waals surface area contributed by atoms with Crippen LogP contribution in [0.3, 0.4) is 0 Å². The number of nitrogens with zero attached hydrogens (tertiary/aromatic N) is 3. The van der Waals surface area contributed by atoms with Gasteiger partial charge in [0.15, 0.2) is 0 Å². The van der Waals surface area contributed by atoms with Crippen LogP contribution in [0, 0.1) is 5.92 Å². The monoisotopic (exact) mass is 413 g/mol. The van der Waals surface area contributed by atoms with Crippen molar-refractivity contribution in [3.63, 3.8) is 0 Å². The van der Waals surface area contributed by atoms with Crippen LogP contribution in [0.5, 0.6) is 0 Å². The van der Waals surface area contributed by atoms with E-state index >= 15 is 0 Å². The topological polar surface area (TPSA) is 54.8 Å². The number of rotatable bonds is 11. The van der Waals surface area contributed by atoms with E-state index in [1.165, 1.54) is 5.56 Å². The highest BCUT2D eigenvalue weighted by Crippen LogP contribution is 2.12. The number of ether oxygens (including phenoxy) is 1. The molecule has 2 aromatic rings. The summed E-state index contributed by atoms with van der Waals surface area (Å²) in [4.78, 5) is 29.8. The van der Waals surface area contributed by atoms with Crippen molar-refractivity contribution in [1.29, 1.82) is 0 Å². The number of aromatic nitrogens is 1. The second-order valence-electron chi connectivity index (χ2n) is 8.05. The van der Waals surface area contributed by atoms with Gasteiger partial charge in [0, 0.05) is 44.7 Å². The van der Waals surface area contributed by atoms with Crippen LogP contribution in [0.4, 0.5) is 0 Å². The van der Waals surface area contributed by atoms with Crippen molar-refractivity contribution >= 4 is 11.8 Å². The molecule has 0 unspecified atom stereocenters. The van der Waals surface area contributed by atoms with Crippen molar-refractivity contribution in [3.05, 3.63) is 59.4 Å². The summed E-state index contributed by atoms with van der Waals surface area (Å²) >= 11 is 0. The Bertz CT molecular complexity index is 811. The molecule has 0 fully saturated rings. The molecule has 2 rings (SSSR count). The summed E-state index contributed by atoms with van der Waals surface area (Å²) in [5.41, 5.74) is 2.84. The third kappa shape index (κ3) is 6.73. The Morgan fingerprint density at radius 2 is 1.80 bits per heavy atom. The van der Waals surface area contributed by atoms with Gasteiger partial charge in [0.25, 0.3) is 5.91 Å². The van der Waals surface area contributed by atoms with Crippen LogP contribution in [-0.4, -0.2) is 59.5 Å². The normalized spacial score (nSPS) is 11.0. The summed E-state index contributed by atoms with van der Waals surface area (Å²) in [5, 5.41) is 0. The summed E-state index contributed by atoms with van der Waals surface area (Å²) in [6, 6.07) is 11.6. The largest absolute Gasteiger partial charge is 0.383 e. The molecule has 1 heterocycles. The molecule has 164 valence electrons. The lowest BCUT2D eigenvalue weighted by Gasteiger charge is -2.29. The maximum absolute atomic E-state index is 13.2. The second kappa shape index (κ2) is 11.6. The van der Waals surface area contributed by atoms with Crippen LogP contribution in [-0.2, 0) is 29.5 Å². The standard InChI is InChI=1S/C24H35N3O3/c1-6-20-9-11-21(12-10-20)24(29)27(16-19(2)3)18-23(28)26(14-15-30-5)17-22-8-7-13-25(22)4/h7-13,19H,6,14-18H2,1-5H3. The number of carbonyl (C=O) groups excluding carboxylic acids is 2. The second-order valence-corrected chi connectivity index (χ2v) is 8.05. The Kier molecular flexibility index (Phi) is 9.12. The van der Waals surface area contributed by atoms with Gasteiger partial charge in [0.05, 0.1) is 13.2 Å². The van der Waals surface area contributed by atoms with Crippen molar-refractivity contribution in [2.24, 2.45) is 13.0 Å². The number of benzene rings is 1. The van der Waals surface area contributed by atoms with Crippen LogP contribution >= 0.6 is 0 Å². The fourth-order valence-corrected chi connectivity index (χ4v) is 3.34. The minimum atomic E-state index is -0.106. The first-order valence-electron chi connectivity index (χ1n) is 10.6. The molecule has 0 saturated heterocycles. The van der Waals surface area contributed by atoms with E-state index in [1.807, 2.05) is 54.2 Å². The molecule has 0 N–H and O–H groups in total. The first-order valence-corrected chi connectivity index (χ1v) is 10.6. The molecule has 0 atom stereocenters. The minimum Gasteiger partial charge on any atom is -0.383 e. The molecular weight excluding hydrogens is 378 g/mol. The summed E-state index contributed by atoms with van der Waals surface area (Å²) in [5.74, 6) is 0.0784. The van der Waals surface area contributed by atoms with Crippen molar-refractivity contribution in [1.82, 2.24) is 14.4 Å². The van der Waals surface area contributed by atoms with Crippen LogP contribution in [0.1, 0.15) is 42.4 Å². The van der Waals surface area contributed by atoms with Crippen molar-refractivity contribution in [2.45, 2.75) is 33.7 Å². The van der Waals surface area contributed by atoms with E-state index in [4.69, 9.17) is 4.74 Å². The summed E-state index contributed by atoms with van der Waals surface area (Å²) in [7, 11) is 3.59. The smallest absolute Gasteiger partial charge is 0.254 e. The van der Waals surface area contributed by atoms with Crippen LogP contribution in [0.15, 0.2) is 42.6 Å². The molecule has 2 amide bonds. The molecule has 30 heavy (non-hydrogen) atoms. The third-order valence-corrected chi connectivity index (χ3v) is 5.13. The highest BCUT2D eigenvalue weighted by atomic mass is 16.5. The van der Waals surface area contributed by atoms with Crippen LogP contribution in [0.25, 0.3) is 0 Å². The van der Waals surface area contributed by atoms with Gasteiger partial charge in [0.1, 0.15) is 6.54 Å². The lowest BCUT2D eigenvalue weighted by Crippen LogP contribution is -2.45. The fraction of sp³-hybridized carbons (Fsp3) is 0.500. The Morgan fingerprint density at radius 1 is 1.10 bits per heavy atom. The van der Waals surface area contributed by atoms with Gasteiger partial charge in [-0.1, -0.05) is 32.9 Å². The highest BCUT2D eigenvalue weighted by molar-refractivity contribution is 5.96. The average molecular weight is 414 g/mol. The van der Waals surface area contributed by atoms with Crippen LogP contribution < -0.4 is 0 Å². The molecule has 0 spiro atoms. The van der Waals surface area contributed by atoms with Gasteiger partial charge in [-0.3, -0.25) is 9.59 Å². The first kappa shape index (κ1) is 23.7. The van der Waals surface area contributed by atoms with Gasteiger partial charge in [0.2, 0.25) is 5.91 Å². The Balaban J connectivity index is 2.17. The zero-order chi connectivity index (χ0) is 22.1. The molecule has 6 nitrogen and oxygen atoms in total. The number of carbonyl (C=O) groups is 2. The van der Waals surface area contributed by atoms with E-state index in [1.54, 1.807) is 16.9 Å². The molecule has 6 heteroatoms. The molecule has 1 aromatic carbocycles. The lowest BCUT2D eigenvalue weighted by atomic mass is 10.1. The van der Waals surface area contributed by atoms with E-state index in [9.17, 15) is 9.59 Å². The summed E-state index contributed by atoms with van der Waals surface area (Å²) < 4.78 is 7.20. The molecule has 0 radical (unpaired) electrons. The van der Waals surface area contributed by atoms with Gasteiger partial charge in [-0.05, 0) is 42.2 Å². The van der Waals surface area contributed by atoms with Gasteiger partial charge < -0.3 is 19.1 Å². The van der Waals surface area contributed by atoms with Crippen molar-refractivity contribution in [2.75, 3.05) is 33.4 Å². The van der Waals surface area contributed by atoms with E-state index in [0.717, 1.165) is 12.1 Å². The molecule has 0 bridgehead atoms. The number of hydrogen-bond acceptors (Lipinski definition) is 3. The maximum Gasteiger partial charge on any atom is 0.254 e. The molecule has 0 aliphatic carbocycles. The first-order chi connectivity index (χ1) is 14.3. The number of methoxy groups -OCH3 is 1. The fourth-order valence-electron chi connectivity index (χ4n) is 3.34. The Morgan fingerprint density at radius 3 is 2.33 bits per heavy atom. The van der Waals surface area contributed by atoms with E-state index in [-0.39, 0.29) is 24.3 Å². The minimum absolute atomic E-state index is 0.0562. The predicted molar refractivity (Wildman–Crippen MR) is 119 cm³/mol. The highest BCUT2D eigenvalue weighted by Gasteiger charge is 2.23. The zero-order valence-corrected chi connectivity index (χ0v) is 18.9. The molecule has 1 aromatic heterocycles. The number of amides is 2. The van der Waals surface area contributed by atoms with Crippen molar-refractivity contribution in [3.8, 4) is 0 Å². The van der Waals surface area contributed by atoms with E-state index < -0.39 is 0 Å². The molecule has 0 saturated carbocycles. The molecule has 0 aliphatic heterocycles.